The lowest BCUT2D eigenvalue weighted by molar-refractivity contribution is -0.177. The van der Waals surface area contributed by atoms with E-state index in [2.05, 4.69) is 0 Å². The van der Waals surface area contributed by atoms with Crippen molar-refractivity contribution in [2.24, 2.45) is 11.7 Å². The number of imide groups is 1. The van der Waals surface area contributed by atoms with Gasteiger partial charge in [-0.2, -0.15) is 0 Å². The van der Waals surface area contributed by atoms with Crippen molar-refractivity contribution < 1.29 is 19.5 Å². The van der Waals surface area contributed by atoms with Gasteiger partial charge in [0.25, 0.3) is 0 Å². The quantitative estimate of drug-likeness (QED) is 0.273. The molecule has 7 nitrogen and oxygen atoms in total. The van der Waals surface area contributed by atoms with Gasteiger partial charge < -0.3 is 10.8 Å². The van der Waals surface area contributed by atoms with Gasteiger partial charge in [0.05, 0.1) is 5.92 Å². The standard InChI is InChI=1S/C27H25N3O4/c28-25(29)20-13-7-8-17(14-20)15-22-24(27(33)34)30(26(22)32)23(31)16-21(18-9-3-1-4-10-18)19-11-5-2-6-12-19/h1-14,21-22,24H,15-16H2,(H3,28,29)(H,33,34)/t22-,24+/m1/s1. The Kier molecular flexibility index (Phi) is 6.54. The molecule has 4 N–H and O–H groups in total. The van der Waals surface area contributed by atoms with Crippen molar-refractivity contribution in [1.82, 2.24) is 4.90 Å². The zero-order valence-corrected chi connectivity index (χ0v) is 18.4. The number of nitrogens with two attached hydrogens (primary N) is 1. The van der Waals surface area contributed by atoms with E-state index in [4.69, 9.17) is 11.1 Å². The van der Waals surface area contributed by atoms with Crippen LogP contribution in [0.15, 0.2) is 84.9 Å². The topological polar surface area (TPSA) is 125 Å². The average molecular weight is 456 g/mol. The van der Waals surface area contributed by atoms with Crippen LogP contribution in [0.1, 0.15) is 34.6 Å². The smallest absolute Gasteiger partial charge is 0.327 e. The first kappa shape index (κ1) is 22.9. The summed E-state index contributed by atoms with van der Waals surface area (Å²) in [5.74, 6) is -3.48. The summed E-state index contributed by atoms with van der Waals surface area (Å²) >= 11 is 0. The maximum absolute atomic E-state index is 13.2. The Hall–Kier alpha value is -4.26. The van der Waals surface area contributed by atoms with Gasteiger partial charge in [-0.3, -0.25) is 19.9 Å². The highest BCUT2D eigenvalue weighted by Crippen LogP contribution is 2.35. The van der Waals surface area contributed by atoms with Crippen LogP contribution in [0.25, 0.3) is 0 Å². The first-order chi connectivity index (χ1) is 16.4. The minimum atomic E-state index is -1.23. The molecule has 1 saturated heterocycles. The van der Waals surface area contributed by atoms with E-state index in [1.807, 2.05) is 60.7 Å². The molecule has 3 aromatic rings. The number of amides is 2. The third kappa shape index (κ3) is 4.59. The van der Waals surface area contributed by atoms with Crippen LogP contribution < -0.4 is 5.73 Å². The van der Waals surface area contributed by atoms with Crippen molar-refractivity contribution in [3.63, 3.8) is 0 Å². The Balaban J connectivity index is 1.55. The lowest BCUT2D eigenvalue weighted by atomic mass is 9.80. The molecule has 172 valence electrons. The van der Waals surface area contributed by atoms with Crippen molar-refractivity contribution in [1.29, 1.82) is 5.41 Å². The minimum Gasteiger partial charge on any atom is -0.480 e. The summed E-state index contributed by atoms with van der Waals surface area (Å²) in [6, 6.07) is 24.6. The number of benzene rings is 3. The second-order valence-electron chi connectivity index (χ2n) is 8.39. The molecule has 34 heavy (non-hydrogen) atoms. The number of likely N-dealkylation sites (tertiary alicyclic amines) is 1. The van der Waals surface area contributed by atoms with E-state index in [0.29, 0.717) is 11.1 Å². The Morgan fingerprint density at radius 3 is 2.06 bits per heavy atom. The first-order valence-electron chi connectivity index (χ1n) is 11.0. The summed E-state index contributed by atoms with van der Waals surface area (Å²) in [5.41, 5.74) is 8.56. The second kappa shape index (κ2) is 9.70. The number of hydrogen-bond acceptors (Lipinski definition) is 4. The van der Waals surface area contributed by atoms with Crippen LogP contribution in [0.3, 0.4) is 0 Å². The van der Waals surface area contributed by atoms with Crippen molar-refractivity contribution in [3.05, 3.63) is 107 Å². The number of nitrogens with one attached hydrogen (secondary N) is 1. The molecule has 1 aliphatic rings. The summed E-state index contributed by atoms with van der Waals surface area (Å²) in [5, 5.41) is 17.4. The number of carboxylic acid groups (broad SMARTS) is 1. The molecular weight excluding hydrogens is 430 g/mol. The number of amidine groups is 1. The molecule has 0 radical (unpaired) electrons. The molecule has 0 saturated carbocycles. The maximum Gasteiger partial charge on any atom is 0.327 e. The number of carbonyl (C=O) groups excluding carboxylic acids is 2. The number of β-lactam (4-membered cyclic amide) rings is 1. The summed E-state index contributed by atoms with van der Waals surface area (Å²) in [4.78, 5) is 39.1. The van der Waals surface area contributed by atoms with Crippen molar-refractivity contribution in [2.75, 3.05) is 0 Å². The Morgan fingerprint density at radius 1 is 0.941 bits per heavy atom. The van der Waals surface area contributed by atoms with Gasteiger partial charge in [0, 0.05) is 17.9 Å². The van der Waals surface area contributed by atoms with Gasteiger partial charge in [0.2, 0.25) is 11.8 Å². The molecule has 0 unspecified atom stereocenters. The lowest BCUT2D eigenvalue weighted by Crippen LogP contribution is -2.66. The number of nitrogen functional groups attached to an aromatic ring is 1. The number of aliphatic carboxylic acids is 1. The third-order valence-electron chi connectivity index (χ3n) is 6.21. The predicted molar refractivity (Wildman–Crippen MR) is 127 cm³/mol. The van der Waals surface area contributed by atoms with Crippen LogP contribution >= 0.6 is 0 Å². The normalized spacial score (nSPS) is 17.3. The molecule has 1 fully saturated rings. The van der Waals surface area contributed by atoms with Gasteiger partial charge in [0.15, 0.2) is 0 Å². The highest BCUT2D eigenvalue weighted by Gasteiger charge is 2.54. The molecule has 2 amide bonds. The first-order valence-corrected chi connectivity index (χ1v) is 11.0. The fourth-order valence-corrected chi connectivity index (χ4v) is 4.50. The van der Waals surface area contributed by atoms with E-state index in [0.717, 1.165) is 16.0 Å². The van der Waals surface area contributed by atoms with Gasteiger partial charge in [-0.15, -0.1) is 0 Å². The van der Waals surface area contributed by atoms with Crippen molar-refractivity contribution in [3.8, 4) is 0 Å². The zero-order valence-electron chi connectivity index (χ0n) is 18.4. The van der Waals surface area contributed by atoms with E-state index in [1.54, 1.807) is 24.3 Å². The highest BCUT2D eigenvalue weighted by molar-refractivity contribution is 6.08. The second-order valence-corrected chi connectivity index (χ2v) is 8.39. The van der Waals surface area contributed by atoms with Crippen LogP contribution in [-0.2, 0) is 20.8 Å². The Labute approximate surface area is 197 Å². The SMILES string of the molecule is N=C(N)c1cccc(C[C@H]2C(=O)N(C(=O)CC(c3ccccc3)c3ccccc3)[C@@H]2C(=O)O)c1. The van der Waals surface area contributed by atoms with Gasteiger partial charge in [0.1, 0.15) is 11.9 Å². The van der Waals surface area contributed by atoms with Gasteiger partial charge in [-0.05, 0) is 29.2 Å². The van der Waals surface area contributed by atoms with E-state index in [9.17, 15) is 19.5 Å². The van der Waals surface area contributed by atoms with Crippen LogP contribution in [0.2, 0.25) is 0 Å². The van der Waals surface area contributed by atoms with Gasteiger partial charge in [-0.25, -0.2) is 4.79 Å². The molecular formula is C27H25N3O4. The summed E-state index contributed by atoms with van der Waals surface area (Å²) < 4.78 is 0. The van der Waals surface area contributed by atoms with Crippen molar-refractivity contribution >= 4 is 23.6 Å². The molecule has 4 rings (SSSR count). The molecule has 2 atom stereocenters. The van der Waals surface area contributed by atoms with Gasteiger partial charge >= 0.3 is 5.97 Å². The third-order valence-corrected chi connectivity index (χ3v) is 6.21. The number of hydrogen-bond donors (Lipinski definition) is 3. The molecule has 7 heteroatoms. The Morgan fingerprint density at radius 2 is 1.53 bits per heavy atom. The van der Waals surface area contributed by atoms with E-state index >= 15 is 0 Å². The molecule has 0 spiro atoms. The van der Waals surface area contributed by atoms with Gasteiger partial charge in [-0.1, -0.05) is 78.9 Å². The molecule has 0 bridgehead atoms. The molecule has 1 aliphatic heterocycles. The Bertz CT molecular complexity index is 1190. The van der Waals surface area contributed by atoms with E-state index < -0.39 is 29.7 Å². The molecule has 0 aromatic heterocycles. The molecule has 0 aliphatic carbocycles. The van der Waals surface area contributed by atoms with Crippen LogP contribution in [-0.4, -0.2) is 39.7 Å². The monoisotopic (exact) mass is 455 g/mol. The zero-order chi connectivity index (χ0) is 24.2. The van der Waals surface area contributed by atoms with E-state index in [-0.39, 0.29) is 24.6 Å². The number of nitrogens with zero attached hydrogens (tertiary/aromatic N) is 1. The number of carboxylic acids is 1. The number of carbonyl (C=O) groups is 3. The fraction of sp³-hybridized carbons (Fsp3) is 0.185. The molecule has 1 heterocycles. The summed E-state index contributed by atoms with van der Waals surface area (Å²) in [6.07, 6.45) is 0.136. The predicted octanol–water partition coefficient (Wildman–Crippen LogP) is 3.17. The number of rotatable bonds is 8. The summed E-state index contributed by atoms with van der Waals surface area (Å²) in [7, 11) is 0. The van der Waals surface area contributed by atoms with Crippen LogP contribution in [0.5, 0.6) is 0 Å². The molecule has 3 aromatic carbocycles. The van der Waals surface area contributed by atoms with E-state index in [1.165, 1.54) is 0 Å². The van der Waals surface area contributed by atoms with Crippen LogP contribution in [0.4, 0.5) is 0 Å². The average Bonchev–Trinajstić information content (AvgIpc) is 2.85. The van der Waals surface area contributed by atoms with Crippen molar-refractivity contribution in [2.45, 2.75) is 24.8 Å². The van der Waals surface area contributed by atoms with Crippen LogP contribution in [0, 0.1) is 11.3 Å². The fourth-order valence-electron chi connectivity index (χ4n) is 4.50. The minimum absolute atomic E-state index is 0.0178. The highest BCUT2D eigenvalue weighted by atomic mass is 16.4. The maximum atomic E-state index is 13.2. The largest absolute Gasteiger partial charge is 0.480 e. The summed E-state index contributed by atoms with van der Waals surface area (Å²) in [6.45, 7) is 0. The lowest BCUT2D eigenvalue weighted by Gasteiger charge is -2.43.